The lowest BCUT2D eigenvalue weighted by Gasteiger charge is -2.22. The lowest BCUT2D eigenvalue weighted by atomic mass is 9.90. The molecule has 1 aliphatic heterocycles. The first-order chi connectivity index (χ1) is 9.33. The lowest BCUT2D eigenvalue weighted by Crippen LogP contribution is -2.40. The number of benzene rings is 1. The van der Waals surface area contributed by atoms with E-state index in [1.807, 2.05) is 19.1 Å². The van der Waals surface area contributed by atoms with E-state index in [9.17, 15) is 4.79 Å². The largest absolute Gasteiger partial charge is 0.338 e. The average Bonchev–Trinajstić information content (AvgIpc) is 2.67. The molecular weight excluding hydrogens is 250 g/mol. The van der Waals surface area contributed by atoms with E-state index in [0.29, 0.717) is 18.4 Å². The lowest BCUT2D eigenvalue weighted by molar-refractivity contribution is -0.123. The number of hydrogen-bond donors (Lipinski definition) is 2. The second-order valence-corrected chi connectivity index (χ2v) is 6.09. The molecular formula is C16H23N3O. The van der Waals surface area contributed by atoms with Crippen molar-refractivity contribution in [2.45, 2.75) is 40.2 Å². The Morgan fingerprint density at radius 1 is 1.25 bits per heavy atom. The van der Waals surface area contributed by atoms with Crippen molar-refractivity contribution in [1.29, 1.82) is 0 Å². The summed E-state index contributed by atoms with van der Waals surface area (Å²) in [6.45, 7) is 10.9. The molecule has 0 aliphatic carbocycles. The molecule has 108 valence electrons. The molecule has 1 unspecified atom stereocenters. The number of amides is 1. The van der Waals surface area contributed by atoms with Crippen LogP contribution in [0, 0.1) is 19.8 Å². The molecule has 4 heteroatoms. The maximum Gasteiger partial charge on any atom is 0.256 e. The summed E-state index contributed by atoms with van der Waals surface area (Å²) in [6.07, 6.45) is 0. The van der Waals surface area contributed by atoms with Crippen LogP contribution in [0.25, 0.3) is 0 Å². The SMILES string of the molecule is Cc1ccc(C2(C)NC(=NCC(C)C)NC2=O)cc1C. The average molecular weight is 273 g/mol. The van der Waals surface area contributed by atoms with Crippen LogP contribution in [0.3, 0.4) is 0 Å². The van der Waals surface area contributed by atoms with Crippen molar-refractivity contribution in [2.24, 2.45) is 10.9 Å². The molecule has 1 aromatic rings. The van der Waals surface area contributed by atoms with E-state index in [2.05, 4.69) is 49.4 Å². The second kappa shape index (κ2) is 5.27. The number of guanidine groups is 1. The van der Waals surface area contributed by atoms with Crippen LogP contribution in [0.2, 0.25) is 0 Å². The Balaban J connectivity index is 2.28. The van der Waals surface area contributed by atoms with Gasteiger partial charge in [0.15, 0.2) is 5.96 Å². The summed E-state index contributed by atoms with van der Waals surface area (Å²) < 4.78 is 0. The van der Waals surface area contributed by atoms with E-state index in [1.54, 1.807) is 0 Å². The van der Waals surface area contributed by atoms with Crippen LogP contribution in [0.4, 0.5) is 0 Å². The monoisotopic (exact) mass is 273 g/mol. The van der Waals surface area contributed by atoms with Crippen LogP contribution in [0.5, 0.6) is 0 Å². The molecule has 1 atom stereocenters. The molecule has 1 saturated heterocycles. The maximum atomic E-state index is 12.3. The van der Waals surface area contributed by atoms with Gasteiger partial charge >= 0.3 is 0 Å². The van der Waals surface area contributed by atoms with E-state index in [4.69, 9.17) is 0 Å². The third-order valence-corrected chi connectivity index (χ3v) is 3.75. The predicted molar refractivity (Wildman–Crippen MR) is 81.7 cm³/mol. The van der Waals surface area contributed by atoms with Crippen LogP contribution in [-0.2, 0) is 10.3 Å². The number of carbonyl (C=O) groups excluding carboxylic acids is 1. The summed E-state index contributed by atoms with van der Waals surface area (Å²) >= 11 is 0. The van der Waals surface area contributed by atoms with Gasteiger partial charge in [0.05, 0.1) is 0 Å². The van der Waals surface area contributed by atoms with Crippen LogP contribution in [0.1, 0.15) is 37.5 Å². The summed E-state index contributed by atoms with van der Waals surface area (Å²) in [5.41, 5.74) is 2.64. The number of hydrogen-bond acceptors (Lipinski definition) is 2. The summed E-state index contributed by atoms with van der Waals surface area (Å²) in [5.74, 6) is 0.988. The molecule has 1 aromatic carbocycles. The number of nitrogens with zero attached hydrogens (tertiary/aromatic N) is 1. The van der Waals surface area contributed by atoms with Crippen LogP contribution in [0.15, 0.2) is 23.2 Å². The van der Waals surface area contributed by atoms with Gasteiger partial charge in [0.1, 0.15) is 5.54 Å². The molecule has 1 amide bonds. The highest BCUT2D eigenvalue weighted by Gasteiger charge is 2.42. The molecule has 2 N–H and O–H groups in total. The Hall–Kier alpha value is -1.84. The number of aliphatic imine (C=N–C) groups is 1. The first-order valence-electron chi connectivity index (χ1n) is 7.04. The minimum Gasteiger partial charge on any atom is -0.338 e. The van der Waals surface area contributed by atoms with Crippen molar-refractivity contribution in [3.63, 3.8) is 0 Å². The Morgan fingerprint density at radius 3 is 2.55 bits per heavy atom. The molecule has 0 saturated carbocycles. The number of rotatable bonds is 3. The van der Waals surface area contributed by atoms with Gasteiger partial charge in [0.2, 0.25) is 0 Å². The van der Waals surface area contributed by atoms with Crippen molar-refractivity contribution in [3.8, 4) is 0 Å². The molecule has 1 aliphatic rings. The van der Waals surface area contributed by atoms with Crippen molar-refractivity contribution in [1.82, 2.24) is 10.6 Å². The smallest absolute Gasteiger partial charge is 0.256 e. The first kappa shape index (κ1) is 14.6. The molecule has 0 aromatic heterocycles. The van der Waals surface area contributed by atoms with Crippen molar-refractivity contribution >= 4 is 11.9 Å². The third-order valence-electron chi connectivity index (χ3n) is 3.75. The zero-order valence-corrected chi connectivity index (χ0v) is 12.9. The summed E-state index contributed by atoms with van der Waals surface area (Å²) in [6, 6.07) is 6.11. The fraction of sp³-hybridized carbons (Fsp3) is 0.500. The number of nitrogens with one attached hydrogen (secondary N) is 2. The molecule has 0 spiro atoms. The zero-order valence-electron chi connectivity index (χ0n) is 12.9. The Kier molecular flexibility index (Phi) is 3.84. The van der Waals surface area contributed by atoms with E-state index >= 15 is 0 Å². The quantitative estimate of drug-likeness (QED) is 0.887. The van der Waals surface area contributed by atoms with Gasteiger partial charge in [-0.15, -0.1) is 0 Å². The maximum absolute atomic E-state index is 12.3. The van der Waals surface area contributed by atoms with Gasteiger partial charge in [0.25, 0.3) is 5.91 Å². The van der Waals surface area contributed by atoms with E-state index < -0.39 is 5.54 Å². The Morgan fingerprint density at radius 2 is 1.95 bits per heavy atom. The van der Waals surface area contributed by atoms with Gasteiger partial charge in [-0.1, -0.05) is 32.0 Å². The summed E-state index contributed by atoms with van der Waals surface area (Å²) in [5, 5.41) is 6.06. The highest BCUT2D eigenvalue weighted by atomic mass is 16.2. The fourth-order valence-corrected chi connectivity index (χ4v) is 2.17. The highest BCUT2D eigenvalue weighted by Crippen LogP contribution is 2.26. The molecule has 1 heterocycles. The van der Waals surface area contributed by atoms with E-state index in [0.717, 1.165) is 5.56 Å². The second-order valence-electron chi connectivity index (χ2n) is 6.09. The molecule has 1 fully saturated rings. The van der Waals surface area contributed by atoms with Gasteiger partial charge in [-0.25, -0.2) is 0 Å². The summed E-state index contributed by atoms with van der Waals surface area (Å²) in [7, 11) is 0. The van der Waals surface area contributed by atoms with Gasteiger partial charge in [-0.3, -0.25) is 15.1 Å². The van der Waals surface area contributed by atoms with Gasteiger partial charge < -0.3 is 5.32 Å². The van der Waals surface area contributed by atoms with Crippen molar-refractivity contribution < 1.29 is 4.79 Å². The van der Waals surface area contributed by atoms with Crippen LogP contribution < -0.4 is 10.6 Å². The first-order valence-corrected chi connectivity index (χ1v) is 7.04. The van der Waals surface area contributed by atoms with Crippen molar-refractivity contribution in [2.75, 3.05) is 6.54 Å². The van der Waals surface area contributed by atoms with Crippen molar-refractivity contribution in [3.05, 3.63) is 34.9 Å². The Bertz CT molecular complexity index is 563. The molecule has 4 nitrogen and oxygen atoms in total. The number of carbonyl (C=O) groups is 1. The van der Waals surface area contributed by atoms with Crippen LogP contribution >= 0.6 is 0 Å². The highest BCUT2D eigenvalue weighted by molar-refractivity contribution is 6.09. The minimum absolute atomic E-state index is 0.0525. The number of aryl methyl sites for hydroxylation is 2. The Labute approximate surface area is 120 Å². The van der Waals surface area contributed by atoms with E-state index in [-0.39, 0.29) is 5.91 Å². The topological polar surface area (TPSA) is 53.5 Å². The zero-order chi connectivity index (χ0) is 14.9. The fourth-order valence-electron chi connectivity index (χ4n) is 2.17. The van der Waals surface area contributed by atoms with Gasteiger partial charge in [-0.2, -0.15) is 0 Å². The van der Waals surface area contributed by atoms with E-state index in [1.165, 1.54) is 11.1 Å². The van der Waals surface area contributed by atoms with Gasteiger partial charge in [0, 0.05) is 6.54 Å². The minimum atomic E-state index is -0.742. The predicted octanol–water partition coefficient (Wildman–Crippen LogP) is 2.25. The van der Waals surface area contributed by atoms with Crippen LogP contribution in [-0.4, -0.2) is 18.4 Å². The third kappa shape index (κ3) is 2.69. The molecule has 0 bridgehead atoms. The summed E-state index contributed by atoms with van der Waals surface area (Å²) in [4.78, 5) is 16.7. The normalized spacial score (nSPS) is 24.1. The standard InChI is InChI=1S/C16H23N3O/c1-10(2)9-17-15-18-14(20)16(5,19-15)13-7-6-11(3)12(4)8-13/h6-8,10H,9H2,1-5H3,(H2,17,18,19,20). The molecule has 2 rings (SSSR count). The molecule has 0 radical (unpaired) electrons. The van der Waals surface area contributed by atoms with Gasteiger partial charge in [-0.05, 0) is 43.4 Å². The molecule has 20 heavy (non-hydrogen) atoms.